The van der Waals surface area contributed by atoms with Crippen molar-refractivity contribution >= 4 is 0 Å². The van der Waals surface area contributed by atoms with Gasteiger partial charge in [0.25, 0.3) is 0 Å². The van der Waals surface area contributed by atoms with Gasteiger partial charge in [-0.3, -0.25) is 4.79 Å². The predicted octanol–water partition coefficient (Wildman–Crippen LogP) is 1.75. The fourth-order valence-electron chi connectivity index (χ4n) is 1.93. The second-order valence-electron chi connectivity index (χ2n) is 4.89. The van der Waals surface area contributed by atoms with E-state index < -0.39 is 12.1 Å². The molecule has 0 aromatic heterocycles. The summed E-state index contributed by atoms with van der Waals surface area (Å²) in [6.07, 6.45) is -0.947. The van der Waals surface area contributed by atoms with E-state index in [1.807, 2.05) is 13.8 Å². The minimum atomic E-state index is -0.947. The van der Waals surface area contributed by atoms with E-state index in [0.29, 0.717) is 16.7 Å². The lowest BCUT2D eigenvalue weighted by molar-refractivity contribution is 0.129. The number of halogens is 1. The Morgan fingerprint density at radius 3 is 2.28 bits per heavy atom. The monoisotopic (exact) mass is 249 g/mol. The van der Waals surface area contributed by atoms with Crippen molar-refractivity contribution in [2.75, 3.05) is 0 Å². The highest BCUT2D eigenvalue weighted by Crippen LogP contribution is 2.32. The van der Waals surface area contributed by atoms with Gasteiger partial charge in [0.1, 0.15) is 5.82 Å². The molecule has 0 aliphatic carbocycles. The molecule has 0 radical (unpaired) electrons. The number of rotatable bonds is 4. The largest absolute Gasteiger partial charge is 0.387 e. The first-order valence-electron chi connectivity index (χ1n) is 5.92. The molecule has 4 heteroatoms. The van der Waals surface area contributed by atoms with Crippen LogP contribution in [0.5, 0.6) is 0 Å². The summed E-state index contributed by atoms with van der Waals surface area (Å²) in [6.45, 7) is 3.78. The lowest BCUT2D eigenvalue weighted by Gasteiger charge is -2.19. The molecule has 18 heavy (non-hydrogen) atoms. The Kier molecular flexibility index (Phi) is 3.32. The van der Waals surface area contributed by atoms with Crippen LogP contribution in [0.4, 0.5) is 4.39 Å². The number of aliphatic hydroxyl groups excluding tert-OH is 1. The van der Waals surface area contributed by atoms with Crippen LogP contribution in [0.15, 0.2) is 29.1 Å². The van der Waals surface area contributed by atoms with Gasteiger partial charge in [0.15, 0.2) is 5.43 Å². The Hall–Kier alpha value is -1.52. The highest BCUT2D eigenvalue weighted by molar-refractivity contribution is 5.76. The molecule has 2 aromatic carbocycles. The SMILES string of the molecule is CC(C)[C@H](N)C(O)c1c(-c2ccc(F)cc2)c1=O. The maximum atomic E-state index is 12.8. The van der Waals surface area contributed by atoms with Crippen LogP contribution >= 0.6 is 0 Å². The molecule has 2 aromatic rings. The molecule has 0 bridgehead atoms. The van der Waals surface area contributed by atoms with Crippen molar-refractivity contribution in [1.29, 1.82) is 0 Å². The Labute approximate surface area is 105 Å². The lowest BCUT2D eigenvalue weighted by Crippen LogP contribution is -2.33. The van der Waals surface area contributed by atoms with Crippen molar-refractivity contribution in [2.45, 2.75) is 26.0 Å². The van der Waals surface area contributed by atoms with Gasteiger partial charge in [0.05, 0.1) is 6.10 Å². The molecule has 1 unspecified atom stereocenters. The first kappa shape index (κ1) is 12.9. The van der Waals surface area contributed by atoms with E-state index in [2.05, 4.69) is 0 Å². The van der Waals surface area contributed by atoms with E-state index in [1.165, 1.54) is 24.3 Å². The summed E-state index contributed by atoms with van der Waals surface area (Å²) in [5, 5.41) is 10.0. The summed E-state index contributed by atoms with van der Waals surface area (Å²) in [5.41, 5.74) is 7.12. The van der Waals surface area contributed by atoms with Gasteiger partial charge in [-0.1, -0.05) is 26.0 Å². The van der Waals surface area contributed by atoms with Crippen LogP contribution < -0.4 is 11.2 Å². The van der Waals surface area contributed by atoms with E-state index in [-0.39, 0.29) is 17.2 Å². The molecule has 0 saturated heterocycles. The highest BCUT2D eigenvalue weighted by Gasteiger charge is 2.34. The number of aliphatic hydroxyl groups is 1. The van der Waals surface area contributed by atoms with Gasteiger partial charge in [-0.25, -0.2) is 4.39 Å². The summed E-state index contributed by atoms with van der Waals surface area (Å²) in [4.78, 5) is 11.7. The number of hydrogen-bond donors (Lipinski definition) is 2. The Morgan fingerprint density at radius 2 is 1.78 bits per heavy atom. The molecule has 0 spiro atoms. The van der Waals surface area contributed by atoms with Crippen LogP contribution in [-0.4, -0.2) is 11.1 Å². The van der Waals surface area contributed by atoms with Gasteiger partial charge in [0, 0.05) is 17.2 Å². The van der Waals surface area contributed by atoms with E-state index in [4.69, 9.17) is 5.73 Å². The molecule has 3 N–H and O–H groups in total. The van der Waals surface area contributed by atoms with Crippen LogP contribution in [0.3, 0.4) is 0 Å². The van der Waals surface area contributed by atoms with E-state index in [1.54, 1.807) is 0 Å². The molecule has 0 heterocycles. The van der Waals surface area contributed by atoms with Crippen LogP contribution in [0.2, 0.25) is 0 Å². The molecule has 0 aliphatic rings. The first-order valence-corrected chi connectivity index (χ1v) is 5.92. The fourth-order valence-corrected chi connectivity index (χ4v) is 1.93. The van der Waals surface area contributed by atoms with Crippen molar-refractivity contribution in [2.24, 2.45) is 11.7 Å². The average Bonchev–Trinajstić information content (AvgIpc) is 2.99. The molecule has 2 atom stereocenters. The number of nitrogens with two attached hydrogens (primary N) is 1. The molecule has 96 valence electrons. The second-order valence-corrected chi connectivity index (χ2v) is 4.89. The van der Waals surface area contributed by atoms with Crippen LogP contribution in [0, 0.1) is 11.7 Å². The minimum Gasteiger partial charge on any atom is -0.387 e. The third kappa shape index (κ3) is 2.21. The van der Waals surface area contributed by atoms with Crippen molar-refractivity contribution in [3.63, 3.8) is 0 Å². The first-order chi connectivity index (χ1) is 8.43. The fraction of sp³-hybridized carbons (Fsp3) is 0.357. The number of benzene rings is 1. The Balaban J connectivity index is 2.25. The van der Waals surface area contributed by atoms with Crippen molar-refractivity contribution in [1.82, 2.24) is 0 Å². The zero-order valence-corrected chi connectivity index (χ0v) is 10.4. The molecule has 3 nitrogen and oxygen atoms in total. The van der Waals surface area contributed by atoms with Gasteiger partial charge in [-0.2, -0.15) is 0 Å². The summed E-state index contributed by atoms with van der Waals surface area (Å²) in [5.74, 6) is -0.274. The van der Waals surface area contributed by atoms with Gasteiger partial charge in [-0.15, -0.1) is 0 Å². The van der Waals surface area contributed by atoms with Crippen molar-refractivity contribution in [3.8, 4) is 11.1 Å². The molecular weight excluding hydrogens is 233 g/mol. The third-order valence-corrected chi connectivity index (χ3v) is 3.24. The normalized spacial score (nSPS) is 15.2. The van der Waals surface area contributed by atoms with Gasteiger partial charge in [-0.05, 0) is 23.6 Å². The smallest absolute Gasteiger partial charge is 0.193 e. The second kappa shape index (κ2) is 4.63. The van der Waals surface area contributed by atoms with Crippen LogP contribution in [0.25, 0.3) is 11.1 Å². The predicted molar refractivity (Wildman–Crippen MR) is 68.3 cm³/mol. The van der Waals surface area contributed by atoms with E-state index >= 15 is 0 Å². The molecule has 0 aliphatic heterocycles. The van der Waals surface area contributed by atoms with Crippen molar-refractivity contribution < 1.29 is 9.50 Å². The Bertz CT molecular complexity index is 553. The van der Waals surface area contributed by atoms with E-state index in [0.717, 1.165) is 0 Å². The van der Waals surface area contributed by atoms with Crippen LogP contribution in [0.1, 0.15) is 25.5 Å². The van der Waals surface area contributed by atoms with E-state index in [9.17, 15) is 14.3 Å². The van der Waals surface area contributed by atoms with Gasteiger partial charge in [0.2, 0.25) is 0 Å². The zero-order valence-electron chi connectivity index (χ0n) is 10.4. The average molecular weight is 249 g/mol. The molecule has 0 fully saturated rings. The molecular formula is C14H16FNO2. The summed E-state index contributed by atoms with van der Waals surface area (Å²) in [7, 11) is 0. The third-order valence-electron chi connectivity index (χ3n) is 3.24. The highest BCUT2D eigenvalue weighted by atomic mass is 19.1. The zero-order chi connectivity index (χ0) is 13.4. The number of hydrogen-bond acceptors (Lipinski definition) is 3. The topological polar surface area (TPSA) is 63.3 Å². The quantitative estimate of drug-likeness (QED) is 0.867. The maximum absolute atomic E-state index is 12.8. The molecule has 2 rings (SSSR count). The molecule has 0 saturated carbocycles. The van der Waals surface area contributed by atoms with Gasteiger partial charge >= 0.3 is 0 Å². The standard InChI is InChI=1S/C14H16FNO2/c1-7(2)12(16)14(18)11-10(13(11)17)8-3-5-9(15)6-4-8/h3-7,12,14,18H,16H2,1-2H3/t12-,14?/m0/s1. The maximum Gasteiger partial charge on any atom is 0.193 e. The van der Waals surface area contributed by atoms with Crippen LogP contribution in [-0.2, 0) is 0 Å². The Morgan fingerprint density at radius 1 is 1.22 bits per heavy atom. The van der Waals surface area contributed by atoms with Gasteiger partial charge < -0.3 is 10.8 Å². The summed E-state index contributed by atoms with van der Waals surface area (Å²) < 4.78 is 12.8. The summed E-state index contributed by atoms with van der Waals surface area (Å²) >= 11 is 0. The minimum absolute atomic E-state index is 0.0790. The molecule has 0 amide bonds. The lowest BCUT2D eigenvalue weighted by atomic mass is 9.97. The summed E-state index contributed by atoms with van der Waals surface area (Å²) in [6, 6.07) is 5.18. The van der Waals surface area contributed by atoms with Crippen molar-refractivity contribution in [3.05, 3.63) is 45.9 Å².